The third kappa shape index (κ3) is 3.53. The molecule has 0 aromatic heterocycles. The van der Waals surface area contributed by atoms with Crippen molar-refractivity contribution in [2.75, 3.05) is 24.0 Å². The number of hydrogen-bond acceptors (Lipinski definition) is 5. The van der Waals surface area contributed by atoms with E-state index in [4.69, 9.17) is 14.2 Å². The number of benzene rings is 2. The van der Waals surface area contributed by atoms with Crippen LogP contribution in [-0.2, 0) is 4.79 Å². The fourth-order valence-electron chi connectivity index (χ4n) is 2.39. The van der Waals surface area contributed by atoms with Crippen LogP contribution in [-0.4, -0.2) is 25.3 Å². The molecule has 126 valence electrons. The summed E-state index contributed by atoms with van der Waals surface area (Å²) in [4.78, 5) is 12.4. The largest absolute Gasteiger partial charge is 0.492 e. The fourth-order valence-corrected chi connectivity index (χ4v) is 2.39. The summed E-state index contributed by atoms with van der Waals surface area (Å²) in [7, 11) is 0. The van der Waals surface area contributed by atoms with Gasteiger partial charge in [0.1, 0.15) is 11.8 Å². The maximum Gasteiger partial charge on any atom is 0.246 e. The molecule has 1 aliphatic rings. The Morgan fingerprint density at radius 2 is 2.00 bits per heavy atom. The molecule has 1 amide bonds. The molecule has 0 aliphatic carbocycles. The second kappa shape index (κ2) is 7.12. The van der Waals surface area contributed by atoms with Crippen LogP contribution in [0.5, 0.6) is 17.2 Å². The lowest BCUT2D eigenvalue weighted by Gasteiger charge is -2.18. The van der Waals surface area contributed by atoms with Gasteiger partial charge in [-0.15, -0.1) is 0 Å². The van der Waals surface area contributed by atoms with E-state index in [1.54, 1.807) is 25.1 Å². The van der Waals surface area contributed by atoms with Gasteiger partial charge in [0.15, 0.2) is 11.5 Å². The molecule has 24 heavy (non-hydrogen) atoms. The highest BCUT2D eigenvalue weighted by Gasteiger charge is 2.17. The van der Waals surface area contributed by atoms with Gasteiger partial charge >= 0.3 is 0 Å². The average Bonchev–Trinajstić information content (AvgIpc) is 3.04. The molecule has 0 saturated carbocycles. The maximum absolute atomic E-state index is 12.4. The van der Waals surface area contributed by atoms with Gasteiger partial charge in [0.25, 0.3) is 0 Å². The van der Waals surface area contributed by atoms with E-state index < -0.39 is 6.04 Å². The number of carbonyl (C=O) groups excluding carboxylic acids is 1. The van der Waals surface area contributed by atoms with E-state index in [0.29, 0.717) is 23.8 Å². The molecule has 2 aromatic carbocycles. The van der Waals surface area contributed by atoms with Gasteiger partial charge in [-0.2, -0.15) is 0 Å². The molecular formula is C18H20N2O4. The van der Waals surface area contributed by atoms with E-state index in [-0.39, 0.29) is 12.7 Å². The second-order valence-corrected chi connectivity index (χ2v) is 5.35. The Balaban J connectivity index is 1.65. The number of rotatable bonds is 6. The van der Waals surface area contributed by atoms with Gasteiger partial charge in [-0.05, 0) is 38.1 Å². The van der Waals surface area contributed by atoms with Crippen molar-refractivity contribution in [1.82, 2.24) is 0 Å². The summed E-state index contributed by atoms with van der Waals surface area (Å²) in [6.45, 7) is 4.49. The Kier molecular flexibility index (Phi) is 4.74. The van der Waals surface area contributed by atoms with E-state index in [1.165, 1.54) is 0 Å². The molecule has 0 radical (unpaired) electrons. The van der Waals surface area contributed by atoms with Crippen molar-refractivity contribution < 1.29 is 19.0 Å². The predicted molar refractivity (Wildman–Crippen MR) is 91.9 cm³/mol. The quantitative estimate of drug-likeness (QED) is 0.852. The van der Waals surface area contributed by atoms with Crippen LogP contribution in [0.15, 0.2) is 42.5 Å². The van der Waals surface area contributed by atoms with E-state index >= 15 is 0 Å². The smallest absolute Gasteiger partial charge is 0.246 e. The minimum Gasteiger partial charge on any atom is -0.492 e. The minimum atomic E-state index is -0.433. The molecule has 1 aliphatic heterocycles. The molecule has 6 heteroatoms. The molecule has 6 nitrogen and oxygen atoms in total. The molecule has 0 saturated heterocycles. The first-order valence-corrected chi connectivity index (χ1v) is 7.86. The molecule has 0 spiro atoms. The standard InChI is InChI=1S/C18H20N2O4/c1-3-22-15-7-5-4-6-14(15)19-12(2)18(21)20-13-8-9-16-17(10-13)24-11-23-16/h4-10,12,19H,3,11H2,1-2H3,(H,20,21). The molecule has 2 aromatic rings. The first-order chi connectivity index (χ1) is 11.7. The van der Waals surface area contributed by atoms with Crippen molar-refractivity contribution in [1.29, 1.82) is 0 Å². The summed E-state index contributed by atoms with van der Waals surface area (Å²) < 4.78 is 16.1. The van der Waals surface area contributed by atoms with E-state index in [1.807, 2.05) is 31.2 Å². The summed E-state index contributed by atoms with van der Waals surface area (Å²) in [5, 5.41) is 6.04. The number of amides is 1. The van der Waals surface area contributed by atoms with Crippen LogP contribution < -0.4 is 24.8 Å². The highest BCUT2D eigenvalue weighted by molar-refractivity contribution is 5.96. The molecule has 1 heterocycles. The topological polar surface area (TPSA) is 68.8 Å². The van der Waals surface area contributed by atoms with Crippen molar-refractivity contribution in [2.24, 2.45) is 0 Å². The monoisotopic (exact) mass is 328 g/mol. The van der Waals surface area contributed by atoms with E-state index in [2.05, 4.69) is 10.6 Å². The molecule has 2 N–H and O–H groups in total. The van der Waals surface area contributed by atoms with Crippen LogP contribution in [0, 0.1) is 0 Å². The van der Waals surface area contributed by atoms with Gasteiger partial charge in [0, 0.05) is 11.8 Å². The lowest BCUT2D eigenvalue weighted by atomic mass is 10.2. The fraction of sp³-hybridized carbons (Fsp3) is 0.278. The zero-order valence-corrected chi connectivity index (χ0v) is 13.7. The highest BCUT2D eigenvalue weighted by Crippen LogP contribution is 2.34. The van der Waals surface area contributed by atoms with Crippen LogP contribution >= 0.6 is 0 Å². The van der Waals surface area contributed by atoms with Crippen molar-refractivity contribution in [3.63, 3.8) is 0 Å². The normalized spacial score (nSPS) is 13.2. The summed E-state index contributed by atoms with van der Waals surface area (Å²) in [6, 6.07) is 12.4. The van der Waals surface area contributed by atoms with Gasteiger partial charge in [-0.25, -0.2) is 0 Å². The van der Waals surface area contributed by atoms with Crippen molar-refractivity contribution >= 4 is 17.3 Å². The summed E-state index contributed by atoms with van der Waals surface area (Å²) in [5.74, 6) is 1.89. The third-order valence-corrected chi connectivity index (χ3v) is 3.59. The number of ether oxygens (including phenoxy) is 3. The SMILES string of the molecule is CCOc1ccccc1NC(C)C(=O)Nc1ccc2c(c1)OCO2. The number of hydrogen-bond donors (Lipinski definition) is 2. The summed E-state index contributed by atoms with van der Waals surface area (Å²) in [5.41, 5.74) is 1.45. The van der Waals surface area contributed by atoms with Crippen LogP contribution in [0.4, 0.5) is 11.4 Å². The third-order valence-electron chi connectivity index (χ3n) is 3.59. The lowest BCUT2D eigenvalue weighted by Crippen LogP contribution is -2.32. The number of anilines is 2. The zero-order valence-electron chi connectivity index (χ0n) is 13.7. The Hall–Kier alpha value is -2.89. The molecule has 1 unspecified atom stereocenters. The Bertz CT molecular complexity index is 733. The van der Waals surface area contributed by atoms with Crippen LogP contribution in [0.3, 0.4) is 0 Å². The first kappa shape index (κ1) is 16.0. The van der Waals surface area contributed by atoms with E-state index in [0.717, 1.165) is 11.4 Å². The molecule has 3 rings (SSSR count). The Morgan fingerprint density at radius 3 is 2.83 bits per heavy atom. The summed E-state index contributed by atoms with van der Waals surface area (Å²) in [6.07, 6.45) is 0. The van der Waals surface area contributed by atoms with Crippen molar-refractivity contribution in [3.8, 4) is 17.2 Å². The van der Waals surface area contributed by atoms with Crippen LogP contribution in [0.2, 0.25) is 0 Å². The van der Waals surface area contributed by atoms with Gasteiger partial charge in [-0.1, -0.05) is 12.1 Å². The Morgan fingerprint density at radius 1 is 1.21 bits per heavy atom. The first-order valence-electron chi connectivity index (χ1n) is 7.86. The number of para-hydroxylation sites is 2. The van der Waals surface area contributed by atoms with Crippen molar-refractivity contribution in [2.45, 2.75) is 19.9 Å². The molecule has 1 atom stereocenters. The Labute approximate surface area is 140 Å². The van der Waals surface area contributed by atoms with Gasteiger partial charge in [0.05, 0.1) is 12.3 Å². The number of carbonyl (C=O) groups is 1. The predicted octanol–water partition coefficient (Wildman–Crippen LogP) is 3.25. The highest BCUT2D eigenvalue weighted by atomic mass is 16.7. The molecule has 0 fully saturated rings. The maximum atomic E-state index is 12.4. The van der Waals surface area contributed by atoms with Gasteiger partial charge < -0.3 is 24.8 Å². The van der Waals surface area contributed by atoms with E-state index in [9.17, 15) is 4.79 Å². The van der Waals surface area contributed by atoms with Gasteiger partial charge in [0.2, 0.25) is 12.7 Å². The van der Waals surface area contributed by atoms with Crippen molar-refractivity contribution in [3.05, 3.63) is 42.5 Å². The second-order valence-electron chi connectivity index (χ2n) is 5.35. The lowest BCUT2D eigenvalue weighted by molar-refractivity contribution is -0.116. The van der Waals surface area contributed by atoms with Gasteiger partial charge in [-0.3, -0.25) is 4.79 Å². The van der Waals surface area contributed by atoms with Crippen LogP contribution in [0.1, 0.15) is 13.8 Å². The molecular weight excluding hydrogens is 308 g/mol. The number of nitrogens with one attached hydrogen (secondary N) is 2. The average molecular weight is 328 g/mol. The number of fused-ring (bicyclic) bond motifs is 1. The minimum absolute atomic E-state index is 0.153. The zero-order chi connectivity index (χ0) is 16.9. The van der Waals surface area contributed by atoms with Crippen LogP contribution in [0.25, 0.3) is 0 Å². The molecule has 0 bridgehead atoms. The summed E-state index contributed by atoms with van der Waals surface area (Å²) >= 11 is 0.